The van der Waals surface area contributed by atoms with Gasteiger partial charge in [-0.25, -0.2) is 0 Å². The zero-order chi connectivity index (χ0) is 12.8. The summed E-state index contributed by atoms with van der Waals surface area (Å²) in [6.45, 7) is 4.48. The highest BCUT2D eigenvalue weighted by Crippen LogP contribution is 2.22. The van der Waals surface area contributed by atoms with Gasteiger partial charge in [-0.15, -0.1) is 0 Å². The maximum absolute atomic E-state index is 10.7. The van der Waals surface area contributed by atoms with Gasteiger partial charge in [-0.2, -0.15) is 5.26 Å². The second-order valence-electron chi connectivity index (χ2n) is 3.86. The van der Waals surface area contributed by atoms with E-state index in [9.17, 15) is 4.79 Å². The van der Waals surface area contributed by atoms with Crippen LogP contribution in [0.15, 0.2) is 24.3 Å². The molecular weight excluding hydrogens is 216 g/mol. The molecule has 1 rings (SSSR count). The Bertz CT molecular complexity index is 437. The number of para-hydroxylation sites is 1. The van der Waals surface area contributed by atoms with Gasteiger partial charge in [0.05, 0.1) is 17.7 Å². The molecule has 0 saturated carbocycles. The van der Waals surface area contributed by atoms with Crippen molar-refractivity contribution in [1.82, 2.24) is 0 Å². The van der Waals surface area contributed by atoms with Crippen molar-refractivity contribution in [3.05, 3.63) is 29.8 Å². The van der Waals surface area contributed by atoms with Crippen molar-refractivity contribution in [2.75, 3.05) is 11.4 Å². The average Bonchev–Trinajstić information content (AvgIpc) is 2.29. The summed E-state index contributed by atoms with van der Waals surface area (Å²) in [5, 5.41) is 17.8. The lowest BCUT2D eigenvalue weighted by molar-refractivity contribution is -0.137. The van der Waals surface area contributed by atoms with Gasteiger partial charge in [0.25, 0.3) is 0 Å². The fraction of sp³-hybridized carbons (Fsp3) is 0.385. The Morgan fingerprint density at radius 1 is 1.53 bits per heavy atom. The molecule has 1 aromatic carbocycles. The molecule has 17 heavy (non-hydrogen) atoms. The number of nitrogens with zero attached hydrogens (tertiary/aromatic N) is 2. The van der Waals surface area contributed by atoms with Crippen molar-refractivity contribution in [2.45, 2.75) is 26.3 Å². The number of carbonyl (C=O) groups is 1. The Morgan fingerprint density at radius 2 is 2.18 bits per heavy atom. The van der Waals surface area contributed by atoms with Gasteiger partial charge in [0, 0.05) is 12.6 Å². The van der Waals surface area contributed by atoms with Crippen LogP contribution < -0.4 is 4.90 Å². The molecule has 0 amide bonds. The summed E-state index contributed by atoms with van der Waals surface area (Å²) < 4.78 is 0. The molecule has 0 spiro atoms. The molecule has 0 heterocycles. The minimum absolute atomic E-state index is 0.0631. The zero-order valence-corrected chi connectivity index (χ0v) is 10.1. The van der Waals surface area contributed by atoms with Crippen LogP contribution in [0.2, 0.25) is 0 Å². The van der Waals surface area contributed by atoms with Gasteiger partial charge >= 0.3 is 5.97 Å². The van der Waals surface area contributed by atoms with Crippen LogP contribution in [0.3, 0.4) is 0 Å². The molecule has 0 aliphatic carbocycles. The number of carboxylic acid groups (broad SMARTS) is 1. The number of nitriles is 1. The number of aliphatic carboxylic acids is 1. The fourth-order valence-corrected chi connectivity index (χ4v) is 1.90. The highest BCUT2D eigenvalue weighted by molar-refractivity contribution is 5.69. The van der Waals surface area contributed by atoms with Crippen LogP contribution in [-0.2, 0) is 4.79 Å². The normalized spacial score (nSPS) is 11.6. The standard InChI is InChI=1S/C13H16N2O2/c1-3-15(10(2)8-13(16)17)12-7-5-4-6-11(12)9-14/h4-7,10H,3,8H2,1-2H3,(H,16,17). The van der Waals surface area contributed by atoms with Gasteiger partial charge in [-0.3, -0.25) is 4.79 Å². The van der Waals surface area contributed by atoms with Crippen molar-refractivity contribution >= 4 is 11.7 Å². The minimum atomic E-state index is -0.828. The molecule has 4 nitrogen and oxygen atoms in total. The van der Waals surface area contributed by atoms with E-state index in [1.807, 2.05) is 30.9 Å². The molecule has 0 bridgehead atoms. The molecule has 0 aromatic heterocycles. The van der Waals surface area contributed by atoms with Crippen molar-refractivity contribution in [3.63, 3.8) is 0 Å². The van der Waals surface area contributed by atoms with Crippen molar-refractivity contribution in [1.29, 1.82) is 5.26 Å². The van der Waals surface area contributed by atoms with E-state index < -0.39 is 5.97 Å². The van der Waals surface area contributed by atoms with Crippen LogP contribution in [0.4, 0.5) is 5.69 Å². The first-order chi connectivity index (χ1) is 8.10. The predicted molar refractivity (Wildman–Crippen MR) is 65.9 cm³/mol. The number of benzene rings is 1. The fourth-order valence-electron chi connectivity index (χ4n) is 1.90. The molecule has 0 fully saturated rings. The summed E-state index contributed by atoms with van der Waals surface area (Å²) in [4.78, 5) is 12.7. The summed E-state index contributed by atoms with van der Waals surface area (Å²) in [7, 11) is 0. The summed E-state index contributed by atoms with van der Waals surface area (Å²) in [5.41, 5.74) is 1.37. The van der Waals surface area contributed by atoms with E-state index in [1.54, 1.807) is 12.1 Å². The van der Waals surface area contributed by atoms with Crippen LogP contribution in [0.1, 0.15) is 25.8 Å². The molecule has 1 aromatic rings. The maximum atomic E-state index is 10.7. The molecule has 1 unspecified atom stereocenters. The Morgan fingerprint density at radius 3 is 2.71 bits per heavy atom. The molecular formula is C13H16N2O2. The van der Waals surface area contributed by atoms with Gasteiger partial charge in [0.15, 0.2) is 0 Å². The monoisotopic (exact) mass is 232 g/mol. The third-order valence-electron chi connectivity index (χ3n) is 2.68. The molecule has 1 atom stereocenters. The van der Waals surface area contributed by atoms with E-state index in [1.165, 1.54) is 0 Å². The van der Waals surface area contributed by atoms with Crippen LogP contribution in [0.5, 0.6) is 0 Å². The predicted octanol–water partition coefficient (Wildman–Crippen LogP) is 2.25. The second kappa shape index (κ2) is 5.90. The first kappa shape index (κ1) is 13.0. The lowest BCUT2D eigenvalue weighted by atomic mass is 10.1. The largest absolute Gasteiger partial charge is 0.481 e. The second-order valence-corrected chi connectivity index (χ2v) is 3.86. The molecule has 90 valence electrons. The van der Waals surface area contributed by atoms with Gasteiger partial charge in [-0.05, 0) is 26.0 Å². The highest BCUT2D eigenvalue weighted by Gasteiger charge is 2.18. The summed E-state index contributed by atoms with van der Waals surface area (Å²) in [6.07, 6.45) is 0.0631. The summed E-state index contributed by atoms with van der Waals surface area (Å²) in [6, 6.07) is 9.24. The molecule has 1 N–H and O–H groups in total. The van der Waals surface area contributed by atoms with Gasteiger partial charge in [0.1, 0.15) is 6.07 Å². The van der Waals surface area contributed by atoms with Gasteiger partial charge in [0.2, 0.25) is 0 Å². The lowest BCUT2D eigenvalue weighted by Gasteiger charge is -2.29. The Labute approximate surface area is 101 Å². The quantitative estimate of drug-likeness (QED) is 0.845. The topological polar surface area (TPSA) is 64.3 Å². The number of hydrogen-bond acceptors (Lipinski definition) is 3. The average molecular weight is 232 g/mol. The third-order valence-corrected chi connectivity index (χ3v) is 2.68. The number of carboxylic acids is 1. The Hall–Kier alpha value is -2.02. The minimum Gasteiger partial charge on any atom is -0.481 e. The molecule has 0 saturated heterocycles. The first-order valence-electron chi connectivity index (χ1n) is 5.57. The van der Waals surface area contributed by atoms with E-state index >= 15 is 0 Å². The van der Waals surface area contributed by atoms with E-state index in [0.29, 0.717) is 12.1 Å². The molecule has 0 aliphatic heterocycles. The van der Waals surface area contributed by atoms with Crippen LogP contribution in [-0.4, -0.2) is 23.7 Å². The van der Waals surface area contributed by atoms with E-state index in [0.717, 1.165) is 5.69 Å². The van der Waals surface area contributed by atoms with Crippen molar-refractivity contribution in [3.8, 4) is 6.07 Å². The maximum Gasteiger partial charge on any atom is 0.305 e. The third kappa shape index (κ3) is 3.22. The van der Waals surface area contributed by atoms with Gasteiger partial charge < -0.3 is 10.0 Å². The zero-order valence-electron chi connectivity index (χ0n) is 10.1. The molecule has 4 heteroatoms. The highest BCUT2D eigenvalue weighted by atomic mass is 16.4. The Kier molecular flexibility index (Phi) is 4.53. The van der Waals surface area contributed by atoms with Crippen LogP contribution >= 0.6 is 0 Å². The molecule has 0 radical (unpaired) electrons. The number of hydrogen-bond donors (Lipinski definition) is 1. The number of anilines is 1. The van der Waals surface area contributed by atoms with E-state index in [2.05, 4.69) is 6.07 Å². The van der Waals surface area contributed by atoms with Crippen molar-refractivity contribution < 1.29 is 9.90 Å². The van der Waals surface area contributed by atoms with Crippen LogP contribution in [0.25, 0.3) is 0 Å². The van der Waals surface area contributed by atoms with E-state index in [4.69, 9.17) is 10.4 Å². The summed E-state index contributed by atoms with van der Waals surface area (Å²) >= 11 is 0. The number of rotatable bonds is 5. The first-order valence-corrected chi connectivity index (χ1v) is 5.57. The SMILES string of the molecule is CCN(c1ccccc1C#N)C(C)CC(=O)O. The van der Waals surface area contributed by atoms with E-state index in [-0.39, 0.29) is 12.5 Å². The Balaban J connectivity index is 3.01. The van der Waals surface area contributed by atoms with Gasteiger partial charge in [-0.1, -0.05) is 12.1 Å². The smallest absolute Gasteiger partial charge is 0.305 e. The summed E-state index contributed by atoms with van der Waals surface area (Å²) in [5.74, 6) is -0.828. The van der Waals surface area contributed by atoms with Crippen LogP contribution in [0, 0.1) is 11.3 Å². The molecule has 0 aliphatic rings. The van der Waals surface area contributed by atoms with Crippen molar-refractivity contribution in [2.24, 2.45) is 0 Å². The lowest BCUT2D eigenvalue weighted by Crippen LogP contribution is -2.35.